The third-order valence-corrected chi connectivity index (χ3v) is 6.99. The molecule has 1 aliphatic rings. The zero-order valence-corrected chi connectivity index (χ0v) is 18.6. The summed E-state index contributed by atoms with van der Waals surface area (Å²) < 4.78 is 35.6. The molecule has 1 N–H and O–H groups in total. The summed E-state index contributed by atoms with van der Waals surface area (Å²) in [4.78, 5) is 4.74. The van der Waals surface area contributed by atoms with Crippen LogP contribution in [-0.4, -0.2) is 38.0 Å². The van der Waals surface area contributed by atoms with Crippen molar-refractivity contribution in [2.75, 3.05) is 11.6 Å². The number of nitrogens with zero attached hydrogens (tertiary/aromatic N) is 1. The van der Waals surface area contributed by atoms with Gasteiger partial charge < -0.3 is 14.6 Å². The Morgan fingerprint density at radius 2 is 1.57 bits per heavy atom. The van der Waals surface area contributed by atoms with E-state index in [1.165, 1.54) is 6.26 Å². The lowest BCUT2D eigenvalue weighted by Crippen LogP contribution is -2.41. The van der Waals surface area contributed by atoms with Crippen molar-refractivity contribution in [3.8, 4) is 0 Å². The Labute approximate surface area is 177 Å². The second-order valence-corrected chi connectivity index (χ2v) is 10.7. The molecule has 0 bridgehead atoms. The van der Waals surface area contributed by atoms with Crippen molar-refractivity contribution in [1.82, 2.24) is 4.98 Å². The Morgan fingerprint density at radius 1 is 0.933 bits per heavy atom. The van der Waals surface area contributed by atoms with Gasteiger partial charge in [-0.05, 0) is 68.9 Å². The van der Waals surface area contributed by atoms with Crippen molar-refractivity contribution < 1.29 is 17.7 Å². The summed E-state index contributed by atoms with van der Waals surface area (Å²) in [6, 6.07) is 14.6. The van der Waals surface area contributed by atoms with E-state index in [4.69, 9.17) is 9.31 Å². The summed E-state index contributed by atoms with van der Waals surface area (Å²) in [5.41, 5.74) is 0.930. The lowest BCUT2D eigenvalue weighted by molar-refractivity contribution is 0.00578. The van der Waals surface area contributed by atoms with Gasteiger partial charge in [0.1, 0.15) is 5.82 Å². The van der Waals surface area contributed by atoms with Crippen molar-refractivity contribution in [2.45, 2.75) is 43.8 Å². The number of fused-ring (bicyclic) bond motifs is 1. The van der Waals surface area contributed by atoms with Gasteiger partial charge in [-0.25, -0.2) is 13.4 Å². The average molecular weight is 424 g/mol. The molecule has 0 radical (unpaired) electrons. The number of hydrogen-bond donors (Lipinski definition) is 1. The van der Waals surface area contributed by atoms with Crippen LogP contribution in [0.25, 0.3) is 10.8 Å². The number of anilines is 2. The van der Waals surface area contributed by atoms with Gasteiger partial charge in [0, 0.05) is 23.5 Å². The molecule has 30 heavy (non-hydrogen) atoms. The number of aromatic nitrogens is 1. The summed E-state index contributed by atoms with van der Waals surface area (Å²) in [6.45, 7) is 8.15. The highest BCUT2D eigenvalue weighted by Gasteiger charge is 2.51. The summed E-state index contributed by atoms with van der Waals surface area (Å²) in [5.74, 6) is 0.695. The van der Waals surface area contributed by atoms with E-state index in [0.29, 0.717) is 5.82 Å². The van der Waals surface area contributed by atoms with E-state index >= 15 is 0 Å². The van der Waals surface area contributed by atoms with Crippen molar-refractivity contribution in [2.24, 2.45) is 0 Å². The summed E-state index contributed by atoms with van der Waals surface area (Å²) >= 11 is 0. The highest BCUT2D eigenvalue weighted by atomic mass is 32.2. The molecule has 0 amide bonds. The van der Waals surface area contributed by atoms with Crippen molar-refractivity contribution >= 4 is 44.7 Å². The molecule has 0 saturated carbocycles. The third-order valence-electron chi connectivity index (χ3n) is 5.86. The van der Waals surface area contributed by atoms with E-state index in [-0.39, 0.29) is 4.90 Å². The van der Waals surface area contributed by atoms with Crippen LogP contribution in [0.4, 0.5) is 11.5 Å². The van der Waals surface area contributed by atoms with Gasteiger partial charge in [-0.3, -0.25) is 0 Å². The van der Waals surface area contributed by atoms with Crippen LogP contribution in [0, 0.1) is 0 Å². The number of rotatable bonds is 4. The first-order valence-electron chi connectivity index (χ1n) is 9.78. The molecule has 2 aromatic carbocycles. The second-order valence-electron chi connectivity index (χ2n) is 8.65. The number of pyridine rings is 1. The maximum Gasteiger partial charge on any atom is 0.494 e. The van der Waals surface area contributed by atoms with Crippen LogP contribution in [0.3, 0.4) is 0 Å². The van der Waals surface area contributed by atoms with E-state index in [1.807, 2.05) is 45.9 Å². The molecule has 0 unspecified atom stereocenters. The van der Waals surface area contributed by atoms with Gasteiger partial charge in [0.15, 0.2) is 9.84 Å². The van der Waals surface area contributed by atoms with E-state index in [0.717, 1.165) is 21.9 Å². The van der Waals surface area contributed by atoms with Crippen molar-refractivity contribution in [1.29, 1.82) is 0 Å². The van der Waals surface area contributed by atoms with Gasteiger partial charge in [0.05, 0.1) is 16.1 Å². The molecular formula is C22H25BN2O4S. The Hall–Kier alpha value is -2.42. The second kappa shape index (κ2) is 7.08. The smallest absolute Gasteiger partial charge is 0.399 e. The highest BCUT2D eigenvalue weighted by molar-refractivity contribution is 7.90. The van der Waals surface area contributed by atoms with Crippen LogP contribution in [-0.2, 0) is 19.1 Å². The minimum absolute atomic E-state index is 0.283. The van der Waals surface area contributed by atoms with Gasteiger partial charge in [-0.15, -0.1) is 0 Å². The number of nitrogens with one attached hydrogen (secondary N) is 1. The molecule has 0 atom stereocenters. The number of sulfone groups is 1. The van der Waals surface area contributed by atoms with Crippen LogP contribution < -0.4 is 10.8 Å². The molecule has 1 fully saturated rings. The molecular weight excluding hydrogens is 399 g/mol. The van der Waals surface area contributed by atoms with Gasteiger partial charge >= 0.3 is 7.12 Å². The lowest BCUT2D eigenvalue weighted by Gasteiger charge is -2.32. The minimum atomic E-state index is -3.22. The fourth-order valence-corrected chi connectivity index (χ4v) is 3.97. The van der Waals surface area contributed by atoms with Gasteiger partial charge in [-0.1, -0.05) is 18.2 Å². The summed E-state index contributed by atoms with van der Waals surface area (Å²) in [5, 5.41) is 5.23. The molecule has 1 aromatic heterocycles. The normalized spacial score (nSPS) is 18.0. The van der Waals surface area contributed by atoms with Crippen molar-refractivity contribution in [3.05, 3.63) is 54.7 Å². The van der Waals surface area contributed by atoms with Gasteiger partial charge in [0.25, 0.3) is 0 Å². The van der Waals surface area contributed by atoms with E-state index < -0.39 is 28.2 Å². The molecule has 2 heterocycles. The molecule has 156 valence electrons. The zero-order valence-electron chi connectivity index (χ0n) is 17.8. The SMILES string of the molecule is CC1(C)OB(c2ccc3c(Nc4ccc(S(C)(=O)=O)cc4)nccc3c2)OC1(C)C. The monoisotopic (exact) mass is 424 g/mol. The van der Waals surface area contributed by atoms with Crippen molar-refractivity contribution in [3.63, 3.8) is 0 Å². The molecule has 0 aliphatic carbocycles. The Kier molecular flexibility index (Phi) is 4.92. The average Bonchev–Trinajstić information content (AvgIpc) is 2.89. The third kappa shape index (κ3) is 3.82. The number of benzene rings is 2. The van der Waals surface area contributed by atoms with E-state index in [9.17, 15) is 8.42 Å². The van der Waals surface area contributed by atoms with Crippen LogP contribution in [0.5, 0.6) is 0 Å². The fourth-order valence-electron chi connectivity index (χ4n) is 3.34. The predicted octanol–water partition coefficient (Wildman–Crippen LogP) is 3.68. The standard InChI is InChI=1S/C22H25BN2O4S/c1-21(2)22(3,4)29-23(28-21)16-6-11-19-15(14-16)12-13-24-20(19)25-17-7-9-18(10-8-17)30(5,26)27/h6-14H,1-5H3,(H,24,25). The first-order valence-corrected chi connectivity index (χ1v) is 11.7. The molecule has 3 aromatic rings. The number of hydrogen-bond acceptors (Lipinski definition) is 6. The molecule has 4 rings (SSSR count). The molecule has 0 spiro atoms. The van der Waals surface area contributed by atoms with E-state index in [2.05, 4.69) is 16.4 Å². The molecule has 1 saturated heterocycles. The first kappa shape index (κ1) is 20.8. The summed E-state index contributed by atoms with van der Waals surface area (Å²) in [6.07, 6.45) is 2.93. The summed E-state index contributed by atoms with van der Waals surface area (Å²) in [7, 11) is -3.65. The van der Waals surface area contributed by atoms with Crippen LogP contribution in [0.15, 0.2) is 59.6 Å². The fraction of sp³-hybridized carbons (Fsp3) is 0.318. The maximum absolute atomic E-state index is 11.6. The Balaban J connectivity index is 1.62. The largest absolute Gasteiger partial charge is 0.494 e. The molecule has 6 nitrogen and oxygen atoms in total. The van der Waals surface area contributed by atoms with Crippen LogP contribution in [0.1, 0.15) is 27.7 Å². The first-order chi connectivity index (χ1) is 14.0. The predicted molar refractivity (Wildman–Crippen MR) is 120 cm³/mol. The Morgan fingerprint density at radius 3 is 2.17 bits per heavy atom. The zero-order chi connectivity index (χ0) is 21.7. The maximum atomic E-state index is 11.6. The molecule has 1 aliphatic heterocycles. The van der Waals surface area contributed by atoms with E-state index in [1.54, 1.807) is 30.5 Å². The van der Waals surface area contributed by atoms with Crippen LogP contribution >= 0.6 is 0 Å². The topological polar surface area (TPSA) is 77.5 Å². The quantitative estimate of drug-likeness (QED) is 0.644. The Bertz CT molecular complexity index is 1190. The van der Waals surface area contributed by atoms with Crippen LogP contribution in [0.2, 0.25) is 0 Å². The minimum Gasteiger partial charge on any atom is -0.399 e. The highest BCUT2D eigenvalue weighted by Crippen LogP contribution is 2.36. The van der Waals surface area contributed by atoms with Gasteiger partial charge in [0.2, 0.25) is 0 Å². The lowest BCUT2D eigenvalue weighted by atomic mass is 9.78. The molecule has 8 heteroatoms. The van der Waals surface area contributed by atoms with Gasteiger partial charge in [-0.2, -0.15) is 0 Å².